The van der Waals surface area contributed by atoms with Gasteiger partial charge in [-0.3, -0.25) is 4.90 Å². The predicted molar refractivity (Wildman–Crippen MR) is 83.9 cm³/mol. The molecule has 1 aliphatic rings. The first-order valence-electron chi connectivity index (χ1n) is 7.25. The van der Waals surface area contributed by atoms with E-state index in [0.29, 0.717) is 12.5 Å². The maximum absolute atomic E-state index is 11.1. The molecule has 0 fully saturated rings. The highest BCUT2D eigenvalue weighted by molar-refractivity contribution is 7.89. The van der Waals surface area contributed by atoms with Gasteiger partial charge in [0.1, 0.15) is 5.75 Å². The second-order valence-electron chi connectivity index (χ2n) is 5.75. The zero-order valence-electron chi connectivity index (χ0n) is 12.9. The quantitative estimate of drug-likeness (QED) is 0.898. The molecule has 1 aliphatic heterocycles. The summed E-state index contributed by atoms with van der Waals surface area (Å²) in [7, 11) is -1.70. The topological polar surface area (TPSA) is 72.6 Å². The molecular formula is C15H24N2O3S. The molecule has 6 heteroatoms. The van der Waals surface area contributed by atoms with Crippen molar-refractivity contribution in [2.24, 2.45) is 5.14 Å². The Morgan fingerprint density at radius 2 is 2.10 bits per heavy atom. The number of nitrogens with zero attached hydrogens (tertiary/aromatic N) is 1. The maximum Gasteiger partial charge on any atom is 0.209 e. The van der Waals surface area contributed by atoms with Crippen LogP contribution in [-0.2, 0) is 16.4 Å². The molecule has 0 aromatic heterocycles. The third-order valence-corrected chi connectivity index (χ3v) is 5.08. The van der Waals surface area contributed by atoms with Crippen molar-refractivity contribution in [3.8, 4) is 5.75 Å². The molecule has 1 aromatic carbocycles. The van der Waals surface area contributed by atoms with Gasteiger partial charge in [-0.2, -0.15) is 0 Å². The summed E-state index contributed by atoms with van der Waals surface area (Å²) in [5.41, 5.74) is 2.61. The third-order valence-electron chi connectivity index (χ3n) is 4.22. The molecule has 2 atom stereocenters. The van der Waals surface area contributed by atoms with Gasteiger partial charge in [0, 0.05) is 18.6 Å². The van der Waals surface area contributed by atoms with Crippen LogP contribution in [0.15, 0.2) is 18.2 Å². The van der Waals surface area contributed by atoms with Gasteiger partial charge in [0.15, 0.2) is 0 Å². The van der Waals surface area contributed by atoms with Gasteiger partial charge < -0.3 is 4.74 Å². The number of nitrogens with two attached hydrogens (primary N) is 1. The highest BCUT2D eigenvalue weighted by atomic mass is 32.2. The van der Waals surface area contributed by atoms with Gasteiger partial charge in [0.2, 0.25) is 10.0 Å². The molecule has 0 aliphatic carbocycles. The number of benzene rings is 1. The van der Waals surface area contributed by atoms with E-state index in [9.17, 15) is 8.42 Å². The third kappa shape index (κ3) is 3.96. The molecule has 0 spiro atoms. The van der Waals surface area contributed by atoms with E-state index in [4.69, 9.17) is 9.88 Å². The van der Waals surface area contributed by atoms with Crippen molar-refractivity contribution in [3.05, 3.63) is 29.3 Å². The first-order chi connectivity index (χ1) is 9.81. The van der Waals surface area contributed by atoms with Crippen molar-refractivity contribution < 1.29 is 13.2 Å². The molecule has 0 saturated heterocycles. The lowest BCUT2D eigenvalue weighted by molar-refractivity contribution is 0.138. The Labute approximate surface area is 127 Å². The van der Waals surface area contributed by atoms with Crippen molar-refractivity contribution in [2.75, 3.05) is 19.4 Å². The first kappa shape index (κ1) is 16.3. The van der Waals surface area contributed by atoms with Gasteiger partial charge in [-0.15, -0.1) is 0 Å². The number of ether oxygens (including phenoxy) is 1. The Bertz CT molecular complexity index is 601. The van der Waals surface area contributed by atoms with Crippen LogP contribution in [-0.4, -0.2) is 38.8 Å². The van der Waals surface area contributed by atoms with Crippen LogP contribution in [0.1, 0.15) is 37.4 Å². The number of hydrogen-bond donors (Lipinski definition) is 1. The zero-order valence-corrected chi connectivity index (χ0v) is 13.7. The van der Waals surface area contributed by atoms with Crippen LogP contribution >= 0.6 is 0 Å². The Morgan fingerprint density at radius 3 is 2.71 bits per heavy atom. The molecular weight excluding hydrogens is 288 g/mol. The Hall–Kier alpha value is -1.11. The van der Waals surface area contributed by atoms with Gasteiger partial charge in [0.25, 0.3) is 0 Å². The van der Waals surface area contributed by atoms with Gasteiger partial charge >= 0.3 is 0 Å². The predicted octanol–water partition coefficient (Wildman–Crippen LogP) is 1.68. The van der Waals surface area contributed by atoms with Crippen LogP contribution in [0.5, 0.6) is 5.75 Å². The van der Waals surface area contributed by atoms with Crippen molar-refractivity contribution in [2.45, 2.75) is 38.8 Å². The molecule has 2 rings (SSSR count). The monoisotopic (exact) mass is 312 g/mol. The zero-order chi connectivity index (χ0) is 15.6. The molecule has 1 aromatic rings. The Balaban J connectivity index is 2.11. The molecule has 1 heterocycles. The summed E-state index contributed by atoms with van der Waals surface area (Å²) in [5, 5.41) is 5.07. The SMILES string of the molecule is COc1ccc2c(c1)C[C@H](C)N(CCCS(N)(=O)=O)[C@H]2C. The molecule has 118 valence electrons. The summed E-state index contributed by atoms with van der Waals surface area (Å²) in [6, 6.07) is 6.84. The van der Waals surface area contributed by atoms with Crippen LogP contribution in [0, 0.1) is 0 Å². The van der Waals surface area contributed by atoms with E-state index in [-0.39, 0.29) is 11.8 Å². The molecule has 0 radical (unpaired) electrons. The number of hydrogen-bond acceptors (Lipinski definition) is 4. The lowest BCUT2D eigenvalue weighted by atomic mass is 9.89. The minimum Gasteiger partial charge on any atom is -0.497 e. The number of methoxy groups -OCH3 is 1. The molecule has 0 bridgehead atoms. The lowest BCUT2D eigenvalue weighted by Crippen LogP contribution is -2.42. The normalized spacial score (nSPS) is 22.9. The highest BCUT2D eigenvalue weighted by Gasteiger charge is 2.29. The largest absolute Gasteiger partial charge is 0.497 e. The van der Waals surface area contributed by atoms with E-state index in [2.05, 4.69) is 30.9 Å². The van der Waals surface area contributed by atoms with Gasteiger partial charge in [-0.25, -0.2) is 13.6 Å². The summed E-state index contributed by atoms with van der Waals surface area (Å²) in [6.45, 7) is 5.08. The minimum absolute atomic E-state index is 0.0401. The number of primary sulfonamides is 1. The standard InChI is InChI=1S/C15H24N2O3S/c1-11-9-13-10-14(20-3)5-6-15(13)12(2)17(11)7-4-8-21(16,18)19/h5-6,10-12H,4,7-9H2,1-3H3,(H2,16,18,19)/t11-,12-/m0/s1. The fraction of sp³-hybridized carbons (Fsp3) is 0.600. The number of fused-ring (bicyclic) bond motifs is 1. The fourth-order valence-electron chi connectivity index (χ4n) is 3.15. The molecule has 0 unspecified atom stereocenters. The van der Waals surface area contributed by atoms with Crippen LogP contribution in [0.4, 0.5) is 0 Å². The Morgan fingerprint density at radius 1 is 1.38 bits per heavy atom. The van der Waals surface area contributed by atoms with E-state index in [1.807, 2.05) is 6.07 Å². The van der Waals surface area contributed by atoms with Crippen molar-refractivity contribution in [1.82, 2.24) is 4.90 Å². The second-order valence-corrected chi connectivity index (χ2v) is 7.49. The number of sulfonamides is 1. The number of rotatable bonds is 5. The molecule has 0 saturated carbocycles. The summed E-state index contributed by atoms with van der Waals surface area (Å²) in [6.07, 6.45) is 1.52. The van der Waals surface area contributed by atoms with Gasteiger partial charge in [-0.05, 0) is 49.9 Å². The summed E-state index contributed by atoms with van der Waals surface area (Å²) < 4.78 is 27.4. The highest BCUT2D eigenvalue weighted by Crippen LogP contribution is 2.34. The van der Waals surface area contributed by atoms with E-state index < -0.39 is 10.0 Å². The molecule has 2 N–H and O–H groups in total. The summed E-state index contributed by atoms with van der Waals surface area (Å²) in [5.74, 6) is 0.925. The lowest BCUT2D eigenvalue weighted by Gasteiger charge is -2.40. The smallest absolute Gasteiger partial charge is 0.209 e. The second kappa shape index (κ2) is 6.34. The maximum atomic E-state index is 11.1. The van der Waals surface area contributed by atoms with Crippen LogP contribution in [0.3, 0.4) is 0 Å². The van der Waals surface area contributed by atoms with Crippen molar-refractivity contribution in [3.63, 3.8) is 0 Å². The fourth-order valence-corrected chi connectivity index (χ4v) is 3.68. The van der Waals surface area contributed by atoms with Crippen LogP contribution < -0.4 is 9.88 Å². The average Bonchev–Trinajstić information content (AvgIpc) is 2.40. The average molecular weight is 312 g/mol. The molecule has 5 nitrogen and oxygen atoms in total. The van der Waals surface area contributed by atoms with Gasteiger partial charge in [0.05, 0.1) is 12.9 Å². The van der Waals surface area contributed by atoms with E-state index in [1.165, 1.54) is 11.1 Å². The van der Waals surface area contributed by atoms with Crippen LogP contribution in [0.2, 0.25) is 0 Å². The minimum atomic E-state index is -3.37. The summed E-state index contributed by atoms with van der Waals surface area (Å²) in [4.78, 5) is 2.35. The van der Waals surface area contributed by atoms with Crippen molar-refractivity contribution >= 4 is 10.0 Å². The molecule has 0 amide bonds. The first-order valence-corrected chi connectivity index (χ1v) is 8.96. The van der Waals surface area contributed by atoms with E-state index >= 15 is 0 Å². The van der Waals surface area contributed by atoms with Crippen molar-refractivity contribution in [1.29, 1.82) is 0 Å². The van der Waals surface area contributed by atoms with E-state index in [1.54, 1.807) is 7.11 Å². The van der Waals surface area contributed by atoms with Crippen LogP contribution in [0.25, 0.3) is 0 Å². The van der Waals surface area contributed by atoms with Gasteiger partial charge in [-0.1, -0.05) is 6.07 Å². The van der Waals surface area contributed by atoms with E-state index in [0.717, 1.165) is 18.7 Å². The molecule has 21 heavy (non-hydrogen) atoms. The Kier molecular flexibility index (Phi) is 4.91. The summed E-state index contributed by atoms with van der Waals surface area (Å²) >= 11 is 0.